The first kappa shape index (κ1) is 77.6. The summed E-state index contributed by atoms with van der Waals surface area (Å²) in [7, 11) is 0. The van der Waals surface area contributed by atoms with Gasteiger partial charge in [-0.2, -0.15) is 0 Å². The van der Waals surface area contributed by atoms with E-state index in [1.54, 1.807) is 0 Å². The molecule has 0 saturated carbocycles. The van der Waals surface area contributed by atoms with Crippen LogP contribution in [0.25, 0.3) is 0 Å². The largest absolute Gasteiger partial charge is 0.462 e. The molecular formula is C74H138O6. The van der Waals surface area contributed by atoms with Gasteiger partial charge in [-0.3, -0.25) is 14.4 Å². The van der Waals surface area contributed by atoms with Crippen LogP contribution in [-0.4, -0.2) is 37.2 Å². The maximum Gasteiger partial charge on any atom is 0.306 e. The fourth-order valence-corrected chi connectivity index (χ4v) is 10.9. The molecule has 0 aromatic heterocycles. The number of hydrogen-bond donors (Lipinski definition) is 0. The van der Waals surface area contributed by atoms with Crippen molar-refractivity contribution in [2.75, 3.05) is 13.2 Å². The summed E-state index contributed by atoms with van der Waals surface area (Å²) in [6, 6.07) is 0. The molecule has 0 heterocycles. The van der Waals surface area contributed by atoms with Gasteiger partial charge in [0.15, 0.2) is 6.10 Å². The van der Waals surface area contributed by atoms with Crippen LogP contribution >= 0.6 is 0 Å². The van der Waals surface area contributed by atoms with Gasteiger partial charge in [-0.1, -0.05) is 340 Å². The van der Waals surface area contributed by atoms with Crippen molar-refractivity contribution in [1.29, 1.82) is 0 Å². The van der Waals surface area contributed by atoms with Crippen LogP contribution in [0.4, 0.5) is 0 Å². The molecule has 0 aliphatic rings. The molecule has 0 saturated heterocycles. The van der Waals surface area contributed by atoms with E-state index in [2.05, 4.69) is 57.2 Å². The van der Waals surface area contributed by atoms with Gasteiger partial charge < -0.3 is 14.2 Å². The quantitative estimate of drug-likeness (QED) is 0.0261. The van der Waals surface area contributed by atoms with E-state index in [1.165, 1.54) is 289 Å². The van der Waals surface area contributed by atoms with Crippen LogP contribution in [0.15, 0.2) is 36.5 Å². The average Bonchev–Trinajstić information content (AvgIpc) is 3.46. The van der Waals surface area contributed by atoms with Crippen LogP contribution in [0.5, 0.6) is 0 Å². The van der Waals surface area contributed by atoms with Gasteiger partial charge in [0.05, 0.1) is 0 Å². The number of esters is 3. The molecule has 0 spiro atoms. The molecule has 1 atom stereocenters. The van der Waals surface area contributed by atoms with Gasteiger partial charge in [0.2, 0.25) is 0 Å². The minimum absolute atomic E-state index is 0.0706. The maximum atomic E-state index is 13.0. The van der Waals surface area contributed by atoms with E-state index in [1.807, 2.05) is 0 Å². The molecule has 470 valence electrons. The number of hydrogen-bond acceptors (Lipinski definition) is 6. The molecule has 80 heavy (non-hydrogen) atoms. The molecular weight excluding hydrogens is 985 g/mol. The normalized spacial score (nSPS) is 12.2. The van der Waals surface area contributed by atoms with Gasteiger partial charge >= 0.3 is 17.9 Å². The van der Waals surface area contributed by atoms with Crippen LogP contribution in [0.3, 0.4) is 0 Å². The number of ether oxygens (including phenoxy) is 3. The second-order valence-electron chi connectivity index (χ2n) is 24.5. The van der Waals surface area contributed by atoms with Crippen molar-refractivity contribution >= 4 is 17.9 Å². The smallest absolute Gasteiger partial charge is 0.306 e. The van der Waals surface area contributed by atoms with E-state index < -0.39 is 6.10 Å². The Hall–Kier alpha value is -2.37. The highest BCUT2D eigenvalue weighted by atomic mass is 16.6. The molecule has 0 bridgehead atoms. The summed E-state index contributed by atoms with van der Waals surface area (Å²) in [5.41, 5.74) is 0. The molecule has 0 fully saturated rings. The van der Waals surface area contributed by atoms with E-state index in [-0.39, 0.29) is 31.1 Å². The third-order valence-corrected chi connectivity index (χ3v) is 16.4. The molecule has 6 heteroatoms. The summed E-state index contributed by atoms with van der Waals surface area (Å²) in [5, 5.41) is 0. The molecule has 0 rings (SSSR count). The summed E-state index contributed by atoms with van der Waals surface area (Å²) in [6.45, 7) is 6.70. The third kappa shape index (κ3) is 66.4. The Kier molecular flexibility index (Phi) is 67.1. The zero-order valence-corrected chi connectivity index (χ0v) is 54.1. The van der Waals surface area contributed by atoms with Crippen LogP contribution in [-0.2, 0) is 28.6 Å². The molecule has 1 unspecified atom stereocenters. The second kappa shape index (κ2) is 69.1. The number of carbonyl (C=O) groups is 3. The minimum atomic E-state index is -0.776. The Bertz CT molecular complexity index is 1340. The molecule has 0 aromatic carbocycles. The first-order valence-corrected chi connectivity index (χ1v) is 36.0. The van der Waals surface area contributed by atoms with Crippen molar-refractivity contribution in [1.82, 2.24) is 0 Å². The Morgan fingerprint density at radius 3 is 0.713 bits per heavy atom. The van der Waals surface area contributed by atoms with Crippen molar-refractivity contribution in [3.8, 4) is 0 Å². The molecule has 0 aromatic rings. The summed E-state index contributed by atoms with van der Waals surface area (Å²) in [5.74, 6) is -0.850. The molecule has 0 aliphatic heterocycles. The molecule has 0 aliphatic carbocycles. The molecule has 0 radical (unpaired) electrons. The van der Waals surface area contributed by atoms with Crippen LogP contribution in [0.2, 0.25) is 0 Å². The highest BCUT2D eigenvalue weighted by Gasteiger charge is 2.19. The predicted molar refractivity (Wildman–Crippen MR) is 349 cm³/mol. The van der Waals surface area contributed by atoms with Gasteiger partial charge in [0, 0.05) is 19.3 Å². The Labute approximate surface area is 499 Å². The Morgan fingerprint density at radius 1 is 0.250 bits per heavy atom. The number of unbranched alkanes of at least 4 members (excludes halogenated alkanes) is 50. The van der Waals surface area contributed by atoms with Gasteiger partial charge in [-0.05, 0) is 77.0 Å². The lowest BCUT2D eigenvalue weighted by molar-refractivity contribution is -0.167. The van der Waals surface area contributed by atoms with Crippen molar-refractivity contribution in [2.45, 2.75) is 406 Å². The average molecular weight is 1120 g/mol. The number of rotatable bonds is 67. The van der Waals surface area contributed by atoms with E-state index >= 15 is 0 Å². The van der Waals surface area contributed by atoms with E-state index in [0.29, 0.717) is 19.3 Å². The lowest BCUT2D eigenvalue weighted by Crippen LogP contribution is -2.30. The van der Waals surface area contributed by atoms with Crippen molar-refractivity contribution in [3.63, 3.8) is 0 Å². The van der Waals surface area contributed by atoms with Gasteiger partial charge in [0.1, 0.15) is 13.2 Å². The Balaban J connectivity index is 4.31. The van der Waals surface area contributed by atoms with Crippen LogP contribution in [0.1, 0.15) is 400 Å². The monoisotopic (exact) mass is 1120 g/mol. The first-order valence-electron chi connectivity index (χ1n) is 36.0. The zero-order chi connectivity index (χ0) is 57.8. The summed E-state index contributed by atoms with van der Waals surface area (Å²) in [4.78, 5) is 38.5. The number of carbonyl (C=O) groups excluding carboxylic acids is 3. The molecule has 0 amide bonds. The lowest BCUT2D eigenvalue weighted by Gasteiger charge is -2.18. The van der Waals surface area contributed by atoms with Crippen molar-refractivity contribution in [2.24, 2.45) is 0 Å². The fourth-order valence-electron chi connectivity index (χ4n) is 10.9. The zero-order valence-electron chi connectivity index (χ0n) is 54.1. The highest BCUT2D eigenvalue weighted by Crippen LogP contribution is 2.18. The lowest BCUT2D eigenvalue weighted by atomic mass is 10.0. The van der Waals surface area contributed by atoms with Crippen LogP contribution in [0, 0.1) is 0 Å². The first-order chi connectivity index (χ1) is 39.5. The molecule has 0 N–H and O–H groups in total. The van der Waals surface area contributed by atoms with Gasteiger partial charge in [0.25, 0.3) is 0 Å². The van der Waals surface area contributed by atoms with E-state index in [9.17, 15) is 14.4 Å². The van der Waals surface area contributed by atoms with Crippen LogP contribution < -0.4 is 0 Å². The van der Waals surface area contributed by atoms with Crippen molar-refractivity contribution in [3.05, 3.63) is 36.5 Å². The summed E-state index contributed by atoms with van der Waals surface area (Å²) in [6.07, 6.45) is 86.0. The minimum Gasteiger partial charge on any atom is -0.462 e. The van der Waals surface area contributed by atoms with Gasteiger partial charge in [-0.25, -0.2) is 0 Å². The second-order valence-corrected chi connectivity index (χ2v) is 24.5. The van der Waals surface area contributed by atoms with E-state index in [0.717, 1.165) is 70.6 Å². The standard InChI is InChI=1S/C74H138O6/c1-4-7-10-13-16-19-22-25-28-31-34-36-37-39-40-43-46-49-52-55-58-61-64-67-73(76)79-70-71(69-78-72(75)66-63-60-57-54-51-48-45-42-33-30-27-24-21-18-15-12-9-6-3)80-74(77)68-65-62-59-56-53-50-47-44-41-38-35-32-29-26-23-20-17-14-11-8-5-2/h21,24,30,32-33,35,71H,4-20,22-23,25-29,31,34,36-70H2,1-3H3/b24-21-,33-30-,35-32-. The third-order valence-electron chi connectivity index (χ3n) is 16.4. The maximum absolute atomic E-state index is 13.0. The summed E-state index contributed by atoms with van der Waals surface area (Å²) < 4.78 is 17.0. The SMILES string of the molecule is CCCCCC/C=C\C/C=C\CCCCCCCCCC(=O)OCC(COC(=O)CCCCCCCCCCCCCCCCCCCCCCCCC)OC(=O)CCCCCCCCCCC/C=C\CCCCCCCCCC. The number of allylic oxidation sites excluding steroid dienone is 6. The van der Waals surface area contributed by atoms with Gasteiger partial charge in [-0.15, -0.1) is 0 Å². The highest BCUT2D eigenvalue weighted by molar-refractivity contribution is 5.71. The fraction of sp³-hybridized carbons (Fsp3) is 0.878. The topological polar surface area (TPSA) is 78.9 Å². The van der Waals surface area contributed by atoms with Crippen molar-refractivity contribution < 1.29 is 28.6 Å². The predicted octanol–water partition coefficient (Wildman–Crippen LogP) is 24.7. The molecule has 6 nitrogen and oxygen atoms in total. The Morgan fingerprint density at radius 2 is 0.450 bits per heavy atom. The van der Waals surface area contributed by atoms with E-state index in [4.69, 9.17) is 14.2 Å². The summed E-state index contributed by atoms with van der Waals surface area (Å²) >= 11 is 0.